The molecule has 6 heteroatoms. The molecular formula is C23H30O6. The lowest BCUT2D eigenvalue weighted by Crippen LogP contribution is -2.22. The summed E-state index contributed by atoms with van der Waals surface area (Å²) < 4.78 is 27.9. The highest BCUT2D eigenvalue weighted by Crippen LogP contribution is 2.41. The Kier molecular flexibility index (Phi) is 8.21. The lowest BCUT2D eigenvalue weighted by atomic mass is 10.0. The van der Waals surface area contributed by atoms with E-state index in [2.05, 4.69) is 0 Å². The van der Waals surface area contributed by atoms with Gasteiger partial charge in [0.05, 0.1) is 27.9 Å². The van der Waals surface area contributed by atoms with Gasteiger partial charge in [-0.25, -0.2) is 0 Å². The van der Waals surface area contributed by atoms with Crippen LogP contribution in [0.1, 0.15) is 38.0 Å². The molecule has 2 aromatic carbocycles. The first-order valence-corrected chi connectivity index (χ1v) is 9.53. The van der Waals surface area contributed by atoms with Crippen molar-refractivity contribution < 1.29 is 28.8 Å². The van der Waals surface area contributed by atoms with E-state index in [1.807, 2.05) is 44.2 Å². The predicted octanol–water partition coefficient (Wildman–Crippen LogP) is 4.65. The molecule has 158 valence electrons. The highest BCUT2D eigenvalue weighted by molar-refractivity contribution is 5.56. The molecule has 0 spiro atoms. The molecule has 0 heterocycles. The van der Waals surface area contributed by atoms with Crippen LogP contribution in [0.4, 0.5) is 0 Å². The molecule has 2 atom stereocenters. The number of rotatable bonds is 10. The van der Waals surface area contributed by atoms with Gasteiger partial charge in [0.1, 0.15) is 12.2 Å². The summed E-state index contributed by atoms with van der Waals surface area (Å²) in [7, 11) is 4.61. The lowest BCUT2D eigenvalue weighted by molar-refractivity contribution is 0.0444. The predicted molar refractivity (Wildman–Crippen MR) is 113 cm³/mol. The van der Waals surface area contributed by atoms with Gasteiger partial charge in [0.15, 0.2) is 23.0 Å². The van der Waals surface area contributed by atoms with E-state index in [0.29, 0.717) is 40.9 Å². The van der Waals surface area contributed by atoms with Crippen LogP contribution in [-0.4, -0.2) is 39.1 Å². The number of allylic oxidation sites excluding steroid dienone is 1. The molecule has 0 radical (unpaired) electrons. The first-order chi connectivity index (χ1) is 14.0. The molecule has 0 fully saturated rings. The molecule has 2 aromatic rings. The molecule has 6 nitrogen and oxygen atoms in total. The second-order valence-electron chi connectivity index (χ2n) is 6.37. The van der Waals surface area contributed by atoms with Crippen molar-refractivity contribution in [2.24, 2.45) is 0 Å². The highest BCUT2D eigenvalue weighted by atomic mass is 16.5. The monoisotopic (exact) mass is 402 g/mol. The van der Waals surface area contributed by atoms with Crippen molar-refractivity contribution in [1.82, 2.24) is 0 Å². The molecule has 0 saturated carbocycles. The first kappa shape index (κ1) is 22.4. The molecule has 0 aromatic heterocycles. The maximum absolute atomic E-state index is 10.9. The smallest absolute Gasteiger partial charge is 0.203 e. The number of hydrogen-bond donors (Lipinski definition) is 1. The molecule has 2 rings (SSSR count). The molecule has 1 N–H and O–H groups in total. The Bertz CT molecular complexity index is 805. The zero-order valence-electron chi connectivity index (χ0n) is 17.9. The number of aliphatic hydroxyl groups is 1. The second kappa shape index (κ2) is 10.6. The summed E-state index contributed by atoms with van der Waals surface area (Å²) in [5.74, 6) is 2.61. The van der Waals surface area contributed by atoms with Crippen LogP contribution in [0.5, 0.6) is 28.7 Å². The van der Waals surface area contributed by atoms with Gasteiger partial charge in [-0.1, -0.05) is 18.2 Å². The Morgan fingerprint density at radius 3 is 2.10 bits per heavy atom. The quantitative estimate of drug-likeness (QED) is 0.624. The molecule has 0 bridgehead atoms. The van der Waals surface area contributed by atoms with Gasteiger partial charge in [0.25, 0.3) is 0 Å². The summed E-state index contributed by atoms with van der Waals surface area (Å²) in [4.78, 5) is 0. The number of hydrogen-bond acceptors (Lipinski definition) is 6. The number of methoxy groups -OCH3 is 3. The Balaban J connectivity index is 2.33. The van der Waals surface area contributed by atoms with Gasteiger partial charge in [-0.2, -0.15) is 0 Å². The summed E-state index contributed by atoms with van der Waals surface area (Å²) in [6.07, 6.45) is 2.44. The van der Waals surface area contributed by atoms with E-state index in [4.69, 9.17) is 23.7 Å². The van der Waals surface area contributed by atoms with Crippen molar-refractivity contribution in [3.8, 4) is 28.7 Å². The van der Waals surface area contributed by atoms with E-state index >= 15 is 0 Å². The van der Waals surface area contributed by atoms with Gasteiger partial charge in [0.2, 0.25) is 5.75 Å². The first-order valence-electron chi connectivity index (χ1n) is 9.53. The zero-order chi connectivity index (χ0) is 21.4. The average molecular weight is 402 g/mol. The third-order valence-electron chi connectivity index (χ3n) is 4.41. The van der Waals surface area contributed by atoms with Crippen molar-refractivity contribution >= 4 is 6.08 Å². The molecule has 0 aliphatic heterocycles. The summed E-state index contributed by atoms with van der Waals surface area (Å²) in [6.45, 7) is 6.18. The van der Waals surface area contributed by atoms with Crippen molar-refractivity contribution in [3.63, 3.8) is 0 Å². The van der Waals surface area contributed by atoms with Crippen LogP contribution in [0.2, 0.25) is 0 Å². The van der Waals surface area contributed by atoms with Crippen LogP contribution in [0, 0.1) is 0 Å². The second-order valence-corrected chi connectivity index (χ2v) is 6.37. The topological polar surface area (TPSA) is 66.4 Å². The fourth-order valence-electron chi connectivity index (χ4n) is 3.00. The highest BCUT2D eigenvalue weighted by Gasteiger charge is 2.24. The van der Waals surface area contributed by atoms with E-state index in [1.165, 1.54) is 21.3 Å². The van der Waals surface area contributed by atoms with Crippen LogP contribution in [-0.2, 0) is 0 Å². The largest absolute Gasteiger partial charge is 0.493 e. The fourth-order valence-corrected chi connectivity index (χ4v) is 3.00. The van der Waals surface area contributed by atoms with E-state index in [9.17, 15) is 5.11 Å². The van der Waals surface area contributed by atoms with Crippen LogP contribution < -0.4 is 23.7 Å². The number of ether oxygens (including phenoxy) is 5. The SMILES string of the molecule is C/C=C/c1ccc(OCC)c(O[C@@H](C)[C@@H](O)c2cc(OC)c(OC)c(OC)c2)c1. The van der Waals surface area contributed by atoms with E-state index in [0.717, 1.165) is 5.56 Å². The maximum Gasteiger partial charge on any atom is 0.203 e. The van der Waals surface area contributed by atoms with E-state index in [-0.39, 0.29) is 0 Å². The van der Waals surface area contributed by atoms with Crippen LogP contribution in [0.15, 0.2) is 36.4 Å². The standard InChI is InChI=1S/C23H30O6/c1-7-9-16-10-11-18(28-8-2)19(12-16)29-15(3)22(24)17-13-20(25-4)23(27-6)21(14-17)26-5/h7,9-15,22,24H,8H2,1-6H3/b9-7+/t15-,22+/m0/s1. The Morgan fingerprint density at radius 2 is 1.59 bits per heavy atom. The minimum absolute atomic E-state index is 0.470. The van der Waals surface area contributed by atoms with Gasteiger partial charge in [-0.05, 0) is 56.2 Å². The van der Waals surface area contributed by atoms with E-state index in [1.54, 1.807) is 19.1 Å². The van der Waals surface area contributed by atoms with Crippen molar-refractivity contribution in [1.29, 1.82) is 0 Å². The minimum Gasteiger partial charge on any atom is -0.493 e. The lowest BCUT2D eigenvalue weighted by Gasteiger charge is -2.24. The van der Waals surface area contributed by atoms with Crippen molar-refractivity contribution in [2.75, 3.05) is 27.9 Å². The van der Waals surface area contributed by atoms with Crippen molar-refractivity contribution in [2.45, 2.75) is 33.0 Å². The molecule has 0 aliphatic carbocycles. The normalized spacial score (nSPS) is 13.1. The summed E-state index contributed by atoms with van der Waals surface area (Å²) in [6, 6.07) is 9.14. The fraction of sp³-hybridized carbons (Fsp3) is 0.391. The molecule has 0 amide bonds. The summed E-state index contributed by atoms with van der Waals surface area (Å²) in [5.41, 5.74) is 1.58. The third-order valence-corrected chi connectivity index (χ3v) is 4.41. The maximum atomic E-state index is 10.9. The van der Waals surface area contributed by atoms with Gasteiger partial charge in [0, 0.05) is 0 Å². The van der Waals surface area contributed by atoms with Gasteiger partial charge >= 0.3 is 0 Å². The Morgan fingerprint density at radius 1 is 0.931 bits per heavy atom. The van der Waals surface area contributed by atoms with E-state index < -0.39 is 12.2 Å². The molecule has 0 saturated heterocycles. The average Bonchev–Trinajstić information content (AvgIpc) is 2.74. The molecule has 0 aliphatic rings. The Hall–Kier alpha value is -2.86. The molecule has 29 heavy (non-hydrogen) atoms. The van der Waals surface area contributed by atoms with Gasteiger partial charge in [-0.15, -0.1) is 0 Å². The molecule has 0 unspecified atom stereocenters. The third kappa shape index (κ3) is 5.35. The van der Waals surface area contributed by atoms with Gasteiger partial charge < -0.3 is 28.8 Å². The minimum atomic E-state index is -0.927. The summed E-state index contributed by atoms with van der Waals surface area (Å²) in [5, 5.41) is 10.9. The van der Waals surface area contributed by atoms with Crippen LogP contribution in [0.3, 0.4) is 0 Å². The zero-order valence-corrected chi connectivity index (χ0v) is 17.9. The Labute approximate surface area is 172 Å². The van der Waals surface area contributed by atoms with Crippen LogP contribution in [0.25, 0.3) is 6.08 Å². The number of aliphatic hydroxyl groups excluding tert-OH is 1. The molecular weight excluding hydrogens is 372 g/mol. The van der Waals surface area contributed by atoms with Crippen LogP contribution >= 0.6 is 0 Å². The summed E-state index contributed by atoms with van der Waals surface area (Å²) >= 11 is 0. The van der Waals surface area contributed by atoms with Crippen molar-refractivity contribution in [3.05, 3.63) is 47.5 Å². The van der Waals surface area contributed by atoms with Gasteiger partial charge in [-0.3, -0.25) is 0 Å². The number of benzene rings is 2.